The van der Waals surface area contributed by atoms with E-state index in [-0.39, 0.29) is 11.3 Å². The first-order valence-electron chi connectivity index (χ1n) is 12.0. The number of amides is 1. The lowest BCUT2D eigenvalue weighted by Crippen LogP contribution is -2.38. The van der Waals surface area contributed by atoms with E-state index in [1.54, 1.807) is 47.4 Å². The molecule has 0 bridgehead atoms. The molecule has 1 atom stereocenters. The summed E-state index contributed by atoms with van der Waals surface area (Å²) in [7, 11) is 0. The van der Waals surface area contributed by atoms with Crippen molar-refractivity contribution in [3.8, 4) is 11.5 Å². The molecule has 2 aromatic rings. The summed E-state index contributed by atoms with van der Waals surface area (Å²) in [5, 5.41) is 11.3. The lowest BCUT2D eigenvalue weighted by Gasteiger charge is -2.28. The van der Waals surface area contributed by atoms with Crippen molar-refractivity contribution in [2.45, 2.75) is 26.8 Å². The summed E-state index contributed by atoms with van der Waals surface area (Å²) in [5.74, 6) is -0.296. The van der Waals surface area contributed by atoms with Gasteiger partial charge < -0.3 is 24.4 Å². The topological polar surface area (TPSA) is 79.3 Å². The number of benzene rings is 2. The molecule has 0 aromatic heterocycles. The highest BCUT2D eigenvalue weighted by Gasteiger charge is 2.46. The van der Waals surface area contributed by atoms with Crippen molar-refractivity contribution in [1.82, 2.24) is 9.80 Å². The molecular formula is C28H34N2O5. The molecule has 1 N–H and O–H groups in total. The molecule has 0 spiro atoms. The summed E-state index contributed by atoms with van der Waals surface area (Å²) in [6.45, 7) is 13.1. The van der Waals surface area contributed by atoms with E-state index in [0.29, 0.717) is 43.4 Å². The Morgan fingerprint density at radius 3 is 2.40 bits per heavy atom. The molecule has 1 unspecified atom stereocenters. The van der Waals surface area contributed by atoms with Gasteiger partial charge in [0.15, 0.2) is 0 Å². The molecule has 7 heteroatoms. The van der Waals surface area contributed by atoms with Crippen molar-refractivity contribution in [2.24, 2.45) is 0 Å². The number of rotatable bonds is 12. The van der Waals surface area contributed by atoms with E-state index in [0.717, 1.165) is 18.7 Å². The Morgan fingerprint density at radius 1 is 1.06 bits per heavy atom. The fourth-order valence-electron chi connectivity index (χ4n) is 4.20. The van der Waals surface area contributed by atoms with Crippen LogP contribution in [0.4, 0.5) is 0 Å². The van der Waals surface area contributed by atoms with Crippen molar-refractivity contribution >= 4 is 17.4 Å². The Hall–Kier alpha value is -3.58. The van der Waals surface area contributed by atoms with Crippen molar-refractivity contribution in [3.05, 3.63) is 77.9 Å². The smallest absolute Gasteiger partial charge is 0.295 e. The maximum absolute atomic E-state index is 13.2. The third-order valence-corrected chi connectivity index (χ3v) is 6.07. The Bertz CT molecular complexity index is 1070. The number of Topliss-reactive ketones (excluding diaryl/α,β-unsaturated/α-hetero) is 1. The fraction of sp³-hybridized carbons (Fsp3) is 0.357. The Kier molecular flexibility index (Phi) is 9.09. The second kappa shape index (κ2) is 12.2. The first-order chi connectivity index (χ1) is 16.9. The number of likely N-dealkylation sites (tertiary alicyclic amines) is 1. The van der Waals surface area contributed by atoms with Gasteiger partial charge in [0, 0.05) is 18.7 Å². The number of hydrogen-bond donors (Lipinski definition) is 1. The van der Waals surface area contributed by atoms with Crippen molar-refractivity contribution in [1.29, 1.82) is 0 Å². The molecule has 1 amide bonds. The zero-order chi connectivity index (χ0) is 25.4. The Morgan fingerprint density at radius 2 is 1.77 bits per heavy atom. The van der Waals surface area contributed by atoms with Crippen molar-refractivity contribution < 1.29 is 24.2 Å². The van der Waals surface area contributed by atoms with Gasteiger partial charge in [-0.15, -0.1) is 0 Å². The van der Waals surface area contributed by atoms with Gasteiger partial charge in [0.25, 0.3) is 11.7 Å². The van der Waals surface area contributed by atoms with Crippen LogP contribution in [0.5, 0.6) is 11.5 Å². The molecule has 0 aliphatic carbocycles. The summed E-state index contributed by atoms with van der Waals surface area (Å²) in [6.07, 6.45) is 1.66. The van der Waals surface area contributed by atoms with E-state index < -0.39 is 17.7 Å². The van der Waals surface area contributed by atoms with Gasteiger partial charge in [-0.2, -0.15) is 0 Å². The summed E-state index contributed by atoms with van der Waals surface area (Å²) in [5.41, 5.74) is 1.22. The van der Waals surface area contributed by atoms with Crippen LogP contribution >= 0.6 is 0 Å². The van der Waals surface area contributed by atoms with Crippen LogP contribution in [-0.2, 0) is 9.59 Å². The second-order valence-electron chi connectivity index (χ2n) is 8.15. The van der Waals surface area contributed by atoms with Gasteiger partial charge in [-0.25, -0.2) is 0 Å². The highest BCUT2D eigenvalue weighted by atomic mass is 16.5. The SMILES string of the molecule is C=CCOc1ccc(C2C(=C(O)c3cccc(OCC)c3)C(=O)C(=O)N2CCN(CC)CC)cc1. The average Bonchev–Trinajstić information content (AvgIpc) is 3.13. The summed E-state index contributed by atoms with van der Waals surface area (Å²) < 4.78 is 11.1. The number of nitrogens with zero attached hydrogens (tertiary/aromatic N) is 2. The number of hydrogen-bond acceptors (Lipinski definition) is 6. The van der Waals surface area contributed by atoms with Gasteiger partial charge in [-0.3, -0.25) is 9.59 Å². The largest absolute Gasteiger partial charge is 0.507 e. The molecule has 7 nitrogen and oxygen atoms in total. The molecule has 186 valence electrons. The van der Waals surface area contributed by atoms with E-state index >= 15 is 0 Å². The third kappa shape index (κ3) is 5.92. The van der Waals surface area contributed by atoms with Crippen LogP contribution in [0.15, 0.2) is 66.8 Å². The van der Waals surface area contributed by atoms with E-state index in [2.05, 4.69) is 25.3 Å². The highest BCUT2D eigenvalue weighted by molar-refractivity contribution is 6.46. The number of carbonyl (C=O) groups excluding carboxylic acids is 2. The van der Waals surface area contributed by atoms with E-state index in [1.165, 1.54) is 0 Å². The normalized spacial score (nSPS) is 17.1. The molecule has 2 aromatic carbocycles. The van der Waals surface area contributed by atoms with Crippen LogP contribution in [0.25, 0.3) is 5.76 Å². The van der Waals surface area contributed by atoms with Crippen LogP contribution in [0, 0.1) is 0 Å². The van der Waals surface area contributed by atoms with E-state index in [1.807, 2.05) is 19.1 Å². The number of carbonyl (C=O) groups is 2. The van der Waals surface area contributed by atoms with Gasteiger partial charge in [0.05, 0.1) is 18.2 Å². The maximum Gasteiger partial charge on any atom is 0.295 e. The minimum atomic E-state index is -0.713. The van der Waals surface area contributed by atoms with E-state index in [4.69, 9.17) is 9.47 Å². The van der Waals surface area contributed by atoms with Crippen molar-refractivity contribution in [2.75, 3.05) is 39.4 Å². The average molecular weight is 479 g/mol. The van der Waals surface area contributed by atoms with Gasteiger partial charge in [0.1, 0.15) is 23.9 Å². The first kappa shape index (κ1) is 26.0. The minimum Gasteiger partial charge on any atom is -0.507 e. The van der Waals surface area contributed by atoms with Gasteiger partial charge in [-0.05, 0) is 49.8 Å². The summed E-state index contributed by atoms with van der Waals surface area (Å²) in [4.78, 5) is 30.1. The van der Waals surface area contributed by atoms with Gasteiger partial charge in [0.2, 0.25) is 0 Å². The standard InChI is InChI=1S/C28H34N2O5/c1-5-18-35-22-14-12-20(13-15-22)25-24(26(31)21-10-9-11-23(19-21)34-8-4)27(32)28(33)30(25)17-16-29(6-2)7-3/h5,9-15,19,25,31H,1,6-8,16-18H2,2-4H3. The fourth-order valence-corrected chi connectivity index (χ4v) is 4.20. The minimum absolute atomic E-state index is 0.0722. The molecule has 1 fully saturated rings. The summed E-state index contributed by atoms with van der Waals surface area (Å²) >= 11 is 0. The first-order valence-corrected chi connectivity index (χ1v) is 12.0. The van der Waals surface area contributed by atoms with Gasteiger partial charge >= 0.3 is 0 Å². The molecular weight excluding hydrogens is 444 g/mol. The lowest BCUT2D eigenvalue weighted by atomic mass is 9.95. The zero-order valence-corrected chi connectivity index (χ0v) is 20.7. The quantitative estimate of drug-likeness (QED) is 0.211. The molecule has 35 heavy (non-hydrogen) atoms. The van der Waals surface area contributed by atoms with Crippen LogP contribution < -0.4 is 9.47 Å². The van der Waals surface area contributed by atoms with Crippen LogP contribution in [-0.4, -0.2) is 66.0 Å². The molecule has 1 saturated heterocycles. The lowest BCUT2D eigenvalue weighted by molar-refractivity contribution is -0.140. The maximum atomic E-state index is 13.2. The summed E-state index contributed by atoms with van der Waals surface area (Å²) in [6, 6.07) is 13.4. The van der Waals surface area contributed by atoms with Crippen molar-refractivity contribution in [3.63, 3.8) is 0 Å². The van der Waals surface area contributed by atoms with Crippen LogP contribution in [0.2, 0.25) is 0 Å². The Labute approximate surface area is 207 Å². The Balaban J connectivity index is 2.06. The highest BCUT2D eigenvalue weighted by Crippen LogP contribution is 2.40. The zero-order valence-electron chi connectivity index (χ0n) is 20.7. The second-order valence-corrected chi connectivity index (χ2v) is 8.15. The molecule has 3 rings (SSSR count). The monoisotopic (exact) mass is 478 g/mol. The molecule has 1 aliphatic rings. The predicted molar refractivity (Wildman–Crippen MR) is 137 cm³/mol. The number of aliphatic hydroxyl groups excluding tert-OH is 1. The van der Waals surface area contributed by atoms with E-state index in [9.17, 15) is 14.7 Å². The third-order valence-electron chi connectivity index (χ3n) is 6.07. The number of ketones is 1. The molecule has 0 radical (unpaired) electrons. The molecule has 1 heterocycles. The number of ether oxygens (including phenoxy) is 2. The van der Waals surface area contributed by atoms with Crippen LogP contribution in [0.3, 0.4) is 0 Å². The molecule has 1 aliphatic heterocycles. The van der Waals surface area contributed by atoms with Gasteiger partial charge in [-0.1, -0.05) is 50.8 Å². The van der Waals surface area contributed by atoms with Crippen LogP contribution in [0.1, 0.15) is 37.9 Å². The predicted octanol–water partition coefficient (Wildman–Crippen LogP) is 4.41. The number of likely N-dealkylation sites (N-methyl/N-ethyl adjacent to an activating group) is 1. The number of aliphatic hydroxyl groups is 1. The molecule has 0 saturated carbocycles.